The van der Waals surface area contributed by atoms with E-state index in [0.717, 1.165) is 71.2 Å². The van der Waals surface area contributed by atoms with Gasteiger partial charge < -0.3 is 15.2 Å². The topological polar surface area (TPSA) is 120 Å². The van der Waals surface area contributed by atoms with Crippen molar-refractivity contribution >= 4 is 50.7 Å². The number of carbonyl (C=O) groups is 2. The highest BCUT2D eigenvalue weighted by atomic mass is 16.2. The molecule has 1 fully saturated rings. The summed E-state index contributed by atoms with van der Waals surface area (Å²) in [5.74, 6) is 1.37. The van der Waals surface area contributed by atoms with Crippen LogP contribution in [0.3, 0.4) is 0 Å². The molecular formula is C27H29N7O2. The SMILES string of the molecule is CC(=O)N1CCC(C(=O)C2CC=C(c3cc4c(Nc5ccc6[nH]ncc6c5)ncnc4[nH]3)CC2)CC1. The number of hydrogen-bond donors (Lipinski definition) is 3. The first-order chi connectivity index (χ1) is 17.5. The van der Waals surface area contributed by atoms with Gasteiger partial charge in [-0.2, -0.15) is 5.10 Å². The van der Waals surface area contributed by atoms with E-state index in [1.54, 1.807) is 19.4 Å². The van der Waals surface area contributed by atoms with Crippen LogP contribution < -0.4 is 5.32 Å². The van der Waals surface area contributed by atoms with E-state index < -0.39 is 0 Å². The summed E-state index contributed by atoms with van der Waals surface area (Å²) in [5, 5.41) is 12.4. The van der Waals surface area contributed by atoms with Crippen molar-refractivity contribution in [2.45, 2.75) is 39.0 Å². The molecule has 3 N–H and O–H groups in total. The molecule has 1 aliphatic heterocycles. The average Bonchev–Trinajstić information content (AvgIpc) is 3.56. The number of H-pyrrole nitrogens is 2. The number of Topliss-reactive ketones (excluding diaryl/α,β-unsaturated/α-hetero) is 1. The van der Waals surface area contributed by atoms with Gasteiger partial charge in [0.25, 0.3) is 0 Å². The molecule has 1 aromatic carbocycles. The van der Waals surface area contributed by atoms with Crippen LogP contribution in [-0.2, 0) is 9.59 Å². The molecule has 184 valence electrons. The molecule has 4 aromatic rings. The van der Waals surface area contributed by atoms with Gasteiger partial charge in [-0.05, 0) is 61.9 Å². The summed E-state index contributed by atoms with van der Waals surface area (Å²) in [6.45, 7) is 2.99. The van der Waals surface area contributed by atoms with E-state index in [4.69, 9.17) is 0 Å². The van der Waals surface area contributed by atoms with Crippen LogP contribution in [0.15, 0.2) is 42.9 Å². The number of amides is 1. The molecule has 1 amide bonds. The van der Waals surface area contributed by atoms with Crippen molar-refractivity contribution in [3.05, 3.63) is 48.6 Å². The number of likely N-dealkylation sites (tertiary alicyclic amines) is 1. The Kier molecular flexibility index (Phi) is 5.75. The monoisotopic (exact) mass is 483 g/mol. The molecule has 0 radical (unpaired) electrons. The number of anilines is 2. The van der Waals surface area contributed by atoms with Crippen molar-refractivity contribution in [3.8, 4) is 0 Å². The van der Waals surface area contributed by atoms with E-state index in [9.17, 15) is 9.59 Å². The largest absolute Gasteiger partial charge is 0.343 e. The molecule has 0 saturated carbocycles. The van der Waals surface area contributed by atoms with Crippen LogP contribution >= 0.6 is 0 Å². The molecular weight excluding hydrogens is 454 g/mol. The van der Waals surface area contributed by atoms with E-state index >= 15 is 0 Å². The maximum Gasteiger partial charge on any atom is 0.219 e. The standard InChI is InChI=1S/C27H29N7O2/c1-16(35)34-10-8-19(9-11-34)25(36)18-4-2-17(3-5-18)24-13-22-26(28-15-29-27(22)32-24)31-21-6-7-23-20(12-21)14-30-33-23/h2,6-7,12-15,18-19H,3-5,8-11H2,1H3,(H,30,33)(H2,28,29,31,32). The highest BCUT2D eigenvalue weighted by Crippen LogP contribution is 2.35. The lowest BCUT2D eigenvalue weighted by atomic mass is 9.78. The van der Waals surface area contributed by atoms with Crippen molar-refractivity contribution in [1.29, 1.82) is 0 Å². The number of piperidine rings is 1. The predicted octanol–water partition coefficient (Wildman–Crippen LogP) is 4.59. The average molecular weight is 484 g/mol. The van der Waals surface area contributed by atoms with Crippen LogP contribution in [0.25, 0.3) is 27.5 Å². The quantitative estimate of drug-likeness (QED) is 0.382. The number of ketones is 1. The molecule has 9 heteroatoms. The van der Waals surface area contributed by atoms with E-state index in [-0.39, 0.29) is 17.7 Å². The maximum absolute atomic E-state index is 13.1. The summed E-state index contributed by atoms with van der Waals surface area (Å²) in [6.07, 6.45) is 9.60. The number of fused-ring (bicyclic) bond motifs is 2. The molecule has 1 saturated heterocycles. The van der Waals surface area contributed by atoms with E-state index in [1.807, 2.05) is 23.1 Å². The molecule has 1 aliphatic carbocycles. The number of benzene rings is 1. The molecule has 1 atom stereocenters. The van der Waals surface area contributed by atoms with Gasteiger partial charge in [0.1, 0.15) is 23.6 Å². The highest BCUT2D eigenvalue weighted by molar-refractivity contribution is 5.93. The molecule has 36 heavy (non-hydrogen) atoms. The minimum absolute atomic E-state index is 0.0712. The van der Waals surface area contributed by atoms with Crippen LogP contribution in [0.5, 0.6) is 0 Å². The number of hydrogen-bond acceptors (Lipinski definition) is 6. The summed E-state index contributed by atoms with van der Waals surface area (Å²) in [5.41, 5.74) is 4.94. The van der Waals surface area contributed by atoms with Crippen molar-refractivity contribution < 1.29 is 9.59 Å². The summed E-state index contributed by atoms with van der Waals surface area (Å²) in [4.78, 5) is 38.9. The number of nitrogens with one attached hydrogen (secondary N) is 3. The predicted molar refractivity (Wildman–Crippen MR) is 139 cm³/mol. The van der Waals surface area contributed by atoms with E-state index in [1.165, 1.54) is 5.57 Å². The Hall–Kier alpha value is -4.01. The first-order valence-corrected chi connectivity index (χ1v) is 12.6. The van der Waals surface area contributed by atoms with Crippen LogP contribution in [-0.4, -0.2) is 54.8 Å². The van der Waals surface area contributed by atoms with Gasteiger partial charge in [-0.15, -0.1) is 0 Å². The second-order valence-corrected chi connectivity index (χ2v) is 9.85. The second kappa shape index (κ2) is 9.22. The Bertz CT molecular complexity index is 1480. The van der Waals surface area contributed by atoms with Crippen LogP contribution in [0.1, 0.15) is 44.7 Å². The highest BCUT2D eigenvalue weighted by Gasteiger charge is 2.31. The van der Waals surface area contributed by atoms with Crippen molar-refractivity contribution in [2.75, 3.05) is 18.4 Å². The van der Waals surface area contributed by atoms with Crippen molar-refractivity contribution in [3.63, 3.8) is 0 Å². The van der Waals surface area contributed by atoms with Crippen molar-refractivity contribution in [2.24, 2.45) is 11.8 Å². The lowest BCUT2D eigenvalue weighted by molar-refractivity contribution is -0.134. The van der Waals surface area contributed by atoms with Crippen LogP contribution in [0, 0.1) is 11.8 Å². The molecule has 0 spiro atoms. The van der Waals surface area contributed by atoms with Gasteiger partial charge in [0.2, 0.25) is 5.91 Å². The fourth-order valence-electron chi connectivity index (χ4n) is 5.52. The maximum atomic E-state index is 13.1. The number of aromatic nitrogens is 5. The Morgan fingerprint density at radius 2 is 1.94 bits per heavy atom. The first kappa shape index (κ1) is 22.5. The van der Waals surface area contributed by atoms with Crippen molar-refractivity contribution in [1.82, 2.24) is 30.0 Å². The van der Waals surface area contributed by atoms with E-state index in [0.29, 0.717) is 18.9 Å². The number of allylic oxidation sites excluding steroid dienone is 2. The Morgan fingerprint density at radius 1 is 1.08 bits per heavy atom. The van der Waals surface area contributed by atoms with Crippen LogP contribution in [0.2, 0.25) is 0 Å². The zero-order valence-electron chi connectivity index (χ0n) is 20.3. The number of rotatable bonds is 5. The molecule has 0 bridgehead atoms. The first-order valence-electron chi connectivity index (χ1n) is 12.6. The van der Waals surface area contributed by atoms with Gasteiger partial charge in [-0.25, -0.2) is 9.97 Å². The minimum atomic E-state index is 0.0712. The molecule has 3 aromatic heterocycles. The van der Waals surface area contributed by atoms with Gasteiger partial charge in [0.15, 0.2) is 0 Å². The third-order valence-electron chi connectivity index (χ3n) is 7.63. The zero-order chi connectivity index (χ0) is 24.6. The molecule has 2 aliphatic rings. The number of aromatic amines is 2. The minimum Gasteiger partial charge on any atom is -0.343 e. The van der Waals surface area contributed by atoms with Gasteiger partial charge in [-0.1, -0.05) is 6.08 Å². The van der Waals surface area contributed by atoms with Gasteiger partial charge in [0.05, 0.1) is 17.1 Å². The molecule has 9 nitrogen and oxygen atoms in total. The zero-order valence-corrected chi connectivity index (χ0v) is 20.3. The number of nitrogens with zero attached hydrogens (tertiary/aromatic N) is 4. The summed E-state index contributed by atoms with van der Waals surface area (Å²) in [6, 6.07) is 8.11. The third-order valence-corrected chi connectivity index (χ3v) is 7.63. The van der Waals surface area contributed by atoms with Gasteiger partial charge in [0, 0.05) is 48.6 Å². The summed E-state index contributed by atoms with van der Waals surface area (Å²) < 4.78 is 0. The van der Waals surface area contributed by atoms with Gasteiger partial charge >= 0.3 is 0 Å². The van der Waals surface area contributed by atoms with E-state index in [2.05, 4.69) is 42.6 Å². The Morgan fingerprint density at radius 3 is 2.72 bits per heavy atom. The number of carbonyl (C=O) groups excluding carboxylic acids is 2. The van der Waals surface area contributed by atoms with Crippen LogP contribution in [0.4, 0.5) is 11.5 Å². The molecule has 6 rings (SSSR count). The fraction of sp³-hybridized carbons (Fsp3) is 0.370. The summed E-state index contributed by atoms with van der Waals surface area (Å²) in [7, 11) is 0. The summed E-state index contributed by atoms with van der Waals surface area (Å²) >= 11 is 0. The lowest BCUT2D eigenvalue weighted by Gasteiger charge is -2.33. The lowest BCUT2D eigenvalue weighted by Crippen LogP contribution is -2.40. The fourth-order valence-corrected chi connectivity index (χ4v) is 5.52. The smallest absolute Gasteiger partial charge is 0.219 e. The van der Waals surface area contributed by atoms with Gasteiger partial charge in [-0.3, -0.25) is 14.7 Å². The second-order valence-electron chi connectivity index (χ2n) is 9.85. The molecule has 1 unspecified atom stereocenters. The Labute approximate surface area is 208 Å². The Balaban J connectivity index is 1.16. The normalized spacial score (nSPS) is 19.0. The molecule has 4 heterocycles. The third kappa shape index (κ3) is 4.25.